The fourth-order valence-corrected chi connectivity index (χ4v) is 2.73. The lowest BCUT2D eigenvalue weighted by Gasteiger charge is -2.10. The van der Waals surface area contributed by atoms with Crippen LogP contribution >= 0.6 is 11.3 Å². The maximum Gasteiger partial charge on any atom is 0.193 e. The molecule has 0 radical (unpaired) electrons. The maximum absolute atomic E-state index is 6.21. The minimum atomic E-state index is -0.0312. The molecule has 0 aliphatic heterocycles. The molecule has 2 N–H and O–H groups in total. The number of aryl methyl sites for hydroxylation is 1. The molecule has 18 heavy (non-hydrogen) atoms. The normalized spacial score (nSPS) is 13.0. The van der Waals surface area contributed by atoms with E-state index in [1.54, 1.807) is 17.5 Å². The van der Waals surface area contributed by atoms with Crippen molar-refractivity contribution in [1.82, 2.24) is 14.4 Å². The number of hydrogen-bond acceptors (Lipinski definition) is 4. The largest absolute Gasteiger partial charge is 0.324 e. The van der Waals surface area contributed by atoms with Gasteiger partial charge in [0.2, 0.25) is 0 Å². The Balaban J connectivity index is 1.81. The molecule has 0 spiro atoms. The summed E-state index contributed by atoms with van der Waals surface area (Å²) in [6.45, 7) is 1.98. The molecule has 3 rings (SSSR count). The molecule has 1 atom stereocenters. The summed E-state index contributed by atoms with van der Waals surface area (Å²) in [7, 11) is 0. The van der Waals surface area contributed by atoms with Crippen LogP contribution < -0.4 is 5.73 Å². The first-order valence-electron chi connectivity index (χ1n) is 5.81. The van der Waals surface area contributed by atoms with Crippen LogP contribution in [0.1, 0.15) is 23.0 Å². The molecule has 0 bridgehead atoms. The lowest BCUT2D eigenvalue weighted by Crippen LogP contribution is -2.13. The van der Waals surface area contributed by atoms with Crippen LogP contribution in [0, 0.1) is 6.92 Å². The van der Waals surface area contributed by atoms with Crippen molar-refractivity contribution in [3.63, 3.8) is 0 Å². The molecule has 92 valence electrons. The van der Waals surface area contributed by atoms with Gasteiger partial charge < -0.3 is 5.73 Å². The van der Waals surface area contributed by atoms with Gasteiger partial charge in [0.15, 0.2) is 4.96 Å². The van der Waals surface area contributed by atoms with Crippen molar-refractivity contribution in [3.8, 4) is 0 Å². The van der Waals surface area contributed by atoms with Crippen molar-refractivity contribution in [2.75, 3.05) is 0 Å². The van der Waals surface area contributed by atoms with Crippen LogP contribution in [0.3, 0.4) is 0 Å². The number of rotatable bonds is 3. The van der Waals surface area contributed by atoms with Gasteiger partial charge in [0.1, 0.15) is 0 Å². The zero-order valence-electron chi connectivity index (χ0n) is 10.1. The molecule has 0 aromatic carbocycles. The first-order chi connectivity index (χ1) is 8.72. The Kier molecular flexibility index (Phi) is 2.85. The van der Waals surface area contributed by atoms with Gasteiger partial charge in [0, 0.05) is 42.1 Å². The van der Waals surface area contributed by atoms with Crippen LogP contribution in [-0.2, 0) is 6.42 Å². The van der Waals surface area contributed by atoms with Gasteiger partial charge in [-0.25, -0.2) is 4.98 Å². The van der Waals surface area contributed by atoms with E-state index in [0.29, 0.717) is 0 Å². The second-order valence-corrected chi connectivity index (χ2v) is 5.24. The van der Waals surface area contributed by atoms with E-state index in [0.717, 1.165) is 28.3 Å². The topological polar surface area (TPSA) is 56.2 Å². The second-order valence-electron chi connectivity index (χ2n) is 4.37. The second kappa shape index (κ2) is 4.51. The zero-order valence-corrected chi connectivity index (χ0v) is 10.9. The molecule has 0 aliphatic rings. The lowest BCUT2D eigenvalue weighted by atomic mass is 10.0. The van der Waals surface area contributed by atoms with Crippen molar-refractivity contribution in [2.45, 2.75) is 19.4 Å². The number of hydrogen-bond donors (Lipinski definition) is 1. The maximum atomic E-state index is 6.21. The standard InChI is InChI=1S/C13H14N4S/c1-9-6-10(2-3-15-9)12(14)7-11-8-17-4-5-18-13(17)16-11/h2-6,8,12H,7,14H2,1H3. The Morgan fingerprint density at radius 3 is 3.17 bits per heavy atom. The molecule has 5 heteroatoms. The summed E-state index contributed by atoms with van der Waals surface area (Å²) in [5.74, 6) is 0. The molecule has 0 amide bonds. The minimum absolute atomic E-state index is 0.0312. The molecule has 0 saturated carbocycles. The highest BCUT2D eigenvalue weighted by molar-refractivity contribution is 7.15. The summed E-state index contributed by atoms with van der Waals surface area (Å²) in [4.78, 5) is 9.75. The number of imidazole rings is 1. The van der Waals surface area contributed by atoms with E-state index in [1.165, 1.54) is 0 Å². The molecule has 3 aromatic rings. The Morgan fingerprint density at radius 2 is 2.39 bits per heavy atom. The smallest absolute Gasteiger partial charge is 0.193 e. The summed E-state index contributed by atoms with van der Waals surface area (Å²) in [5, 5.41) is 2.03. The van der Waals surface area contributed by atoms with Crippen LogP contribution in [0.5, 0.6) is 0 Å². The predicted octanol–water partition coefficient (Wildman–Crippen LogP) is 2.34. The first-order valence-corrected chi connectivity index (χ1v) is 6.69. The van der Waals surface area contributed by atoms with E-state index in [-0.39, 0.29) is 6.04 Å². The lowest BCUT2D eigenvalue weighted by molar-refractivity contribution is 0.707. The highest BCUT2D eigenvalue weighted by atomic mass is 32.1. The summed E-state index contributed by atoms with van der Waals surface area (Å²) < 4.78 is 2.03. The van der Waals surface area contributed by atoms with Crippen molar-refractivity contribution in [1.29, 1.82) is 0 Å². The van der Waals surface area contributed by atoms with Crippen molar-refractivity contribution >= 4 is 16.3 Å². The summed E-state index contributed by atoms with van der Waals surface area (Å²) in [6, 6.07) is 3.97. The Hall–Kier alpha value is -1.72. The van der Waals surface area contributed by atoms with Crippen LogP contribution in [0.4, 0.5) is 0 Å². The Bertz CT molecular complexity index is 642. The van der Waals surface area contributed by atoms with Gasteiger partial charge in [0.05, 0.1) is 5.69 Å². The van der Waals surface area contributed by atoms with E-state index in [2.05, 4.69) is 9.97 Å². The fraction of sp³-hybridized carbons (Fsp3) is 0.231. The summed E-state index contributed by atoms with van der Waals surface area (Å²) in [6.07, 6.45) is 6.60. The average molecular weight is 258 g/mol. The van der Waals surface area contributed by atoms with Gasteiger partial charge in [-0.05, 0) is 24.6 Å². The van der Waals surface area contributed by atoms with Crippen LogP contribution in [0.25, 0.3) is 4.96 Å². The molecular formula is C13H14N4S. The van der Waals surface area contributed by atoms with Crippen molar-refractivity contribution in [3.05, 3.63) is 53.1 Å². The molecule has 0 saturated heterocycles. The number of nitrogens with zero attached hydrogens (tertiary/aromatic N) is 3. The quantitative estimate of drug-likeness (QED) is 0.784. The molecule has 1 unspecified atom stereocenters. The number of pyridine rings is 1. The van der Waals surface area contributed by atoms with Gasteiger partial charge in [-0.2, -0.15) is 0 Å². The van der Waals surface area contributed by atoms with E-state index in [4.69, 9.17) is 5.73 Å². The average Bonchev–Trinajstić information content (AvgIpc) is 2.89. The Labute approximate surface area is 109 Å². The Morgan fingerprint density at radius 1 is 1.50 bits per heavy atom. The SMILES string of the molecule is Cc1cc(C(N)Cc2cn3ccsc3n2)ccn1. The molecular weight excluding hydrogens is 244 g/mol. The van der Waals surface area contributed by atoms with Gasteiger partial charge in [-0.1, -0.05) is 0 Å². The summed E-state index contributed by atoms with van der Waals surface area (Å²) in [5.41, 5.74) is 9.35. The van der Waals surface area contributed by atoms with E-state index in [1.807, 2.05) is 41.2 Å². The van der Waals surface area contributed by atoms with Crippen LogP contribution in [0.15, 0.2) is 36.1 Å². The van der Waals surface area contributed by atoms with Gasteiger partial charge in [-0.3, -0.25) is 9.38 Å². The highest BCUT2D eigenvalue weighted by Crippen LogP contribution is 2.18. The van der Waals surface area contributed by atoms with E-state index >= 15 is 0 Å². The molecule has 4 nitrogen and oxygen atoms in total. The van der Waals surface area contributed by atoms with E-state index in [9.17, 15) is 0 Å². The number of thiazole rings is 1. The molecule has 0 fully saturated rings. The van der Waals surface area contributed by atoms with Gasteiger partial charge in [0.25, 0.3) is 0 Å². The monoisotopic (exact) mass is 258 g/mol. The number of nitrogens with two attached hydrogens (primary N) is 1. The van der Waals surface area contributed by atoms with Crippen molar-refractivity contribution < 1.29 is 0 Å². The van der Waals surface area contributed by atoms with Crippen LogP contribution in [0.2, 0.25) is 0 Å². The third kappa shape index (κ3) is 2.14. The molecule has 0 aliphatic carbocycles. The predicted molar refractivity (Wildman–Crippen MR) is 72.7 cm³/mol. The number of aromatic nitrogens is 3. The van der Waals surface area contributed by atoms with Gasteiger partial charge >= 0.3 is 0 Å². The van der Waals surface area contributed by atoms with E-state index < -0.39 is 0 Å². The number of fused-ring (bicyclic) bond motifs is 1. The van der Waals surface area contributed by atoms with Gasteiger partial charge in [-0.15, -0.1) is 11.3 Å². The zero-order chi connectivity index (χ0) is 12.5. The minimum Gasteiger partial charge on any atom is -0.324 e. The van der Waals surface area contributed by atoms with Crippen molar-refractivity contribution in [2.24, 2.45) is 5.73 Å². The third-order valence-corrected chi connectivity index (χ3v) is 3.69. The molecule has 3 aromatic heterocycles. The first kappa shape index (κ1) is 11.4. The molecule has 3 heterocycles. The third-order valence-electron chi connectivity index (χ3n) is 2.92. The van der Waals surface area contributed by atoms with Crippen LogP contribution in [-0.4, -0.2) is 14.4 Å². The summed E-state index contributed by atoms with van der Waals surface area (Å²) >= 11 is 1.63. The fourth-order valence-electron chi connectivity index (χ4n) is 2.02. The highest BCUT2D eigenvalue weighted by Gasteiger charge is 2.10.